The summed E-state index contributed by atoms with van der Waals surface area (Å²) in [6, 6.07) is 11.1. The molecule has 1 aliphatic heterocycles. The summed E-state index contributed by atoms with van der Waals surface area (Å²) in [5.74, 6) is 0. The van der Waals surface area contributed by atoms with Gasteiger partial charge >= 0.3 is 0 Å². The van der Waals surface area contributed by atoms with E-state index in [9.17, 15) is 0 Å². The van der Waals surface area contributed by atoms with Gasteiger partial charge in [-0.05, 0) is 31.7 Å². The summed E-state index contributed by atoms with van der Waals surface area (Å²) in [6.07, 6.45) is 1.13. The van der Waals surface area contributed by atoms with Gasteiger partial charge in [-0.25, -0.2) is 0 Å². The molecule has 1 unspecified atom stereocenters. The third kappa shape index (κ3) is 2.99. The average Bonchev–Trinajstić information content (AvgIpc) is 2.78. The van der Waals surface area contributed by atoms with Crippen molar-refractivity contribution in [3.05, 3.63) is 28.7 Å². The van der Waals surface area contributed by atoms with Crippen molar-refractivity contribution in [3.8, 4) is 6.07 Å². The molecular formula is C13H16BrN3. The molecule has 2 rings (SSSR count). The van der Waals surface area contributed by atoms with Crippen LogP contribution in [0.2, 0.25) is 0 Å². The molecular weight excluding hydrogens is 278 g/mol. The van der Waals surface area contributed by atoms with Crippen LogP contribution in [-0.2, 0) is 0 Å². The van der Waals surface area contributed by atoms with Gasteiger partial charge in [0.15, 0.2) is 0 Å². The number of hydrogen-bond donors (Lipinski definition) is 0. The molecule has 90 valence electrons. The molecule has 0 aromatic heterocycles. The third-order valence-corrected chi connectivity index (χ3v) is 3.77. The maximum Gasteiger partial charge on any atom is 0.0866 e. The number of nitriles is 1. The van der Waals surface area contributed by atoms with Crippen molar-refractivity contribution in [2.24, 2.45) is 0 Å². The van der Waals surface area contributed by atoms with Crippen LogP contribution in [0.25, 0.3) is 0 Å². The summed E-state index contributed by atoms with van der Waals surface area (Å²) in [7, 11) is 2.03. The van der Waals surface area contributed by atoms with Crippen molar-refractivity contribution in [2.45, 2.75) is 12.5 Å². The zero-order valence-electron chi connectivity index (χ0n) is 9.93. The van der Waals surface area contributed by atoms with Crippen LogP contribution in [0.3, 0.4) is 0 Å². The van der Waals surface area contributed by atoms with E-state index in [-0.39, 0.29) is 0 Å². The van der Waals surface area contributed by atoms with Gasteiger partial charge in [0, 0.05) is 29.3 Å². The largest absolute Gasteiger partial charge is 0.370 e. The van der Waals surface area contributed by atoms with Gasteiger partial charge in [-0.3, -0.25) is 4.90 Å². The highest BCUT2D eigenvalue weighted by atomic mass is 79.9. The monoisotopic (exact) mass is 293 g/mol. The zero-order chi connectivity index (χ0) is 12.3. The summed E-state index contributed by atoms with van der Waals surface area (Å²) in [6.45, 7) is 2.59. The number of rotatable bonds is 3. The highest BCUT2D eigenvalue weighted by Gasteiger charge is 2.25. The van der Waals surface area contributed by atoms with Gasteiger partial charge in [0.1, 0.15) is 0 Å². The topological polar surface area (TPSA) is 30.3 Å². The molecule has 0 saturated carbocycles. The average molecular weight is 294 g/mol. The van der Waals surface area contributed by atoms with E-state index in [1.807, 2.05) is 13.1 Å². The van der Waals surface area contributed by atoms with Crippen LogP contribution < -0.4 is 4.90 Å². The van der Waals surface area contributed by atoms with Crippen LogP contribution in [0, 0.1) is 11.3 Å². The van der Waals surface area contributed by atoms with Gasteiger partial charge in [0.25, 0.3) is 0 Å². The Morgan fingerprint density at radius 1 is 1.59 bits per heavy atom. The number of nitrogens with zero attached hydrogens (tertiary/aromatic N) is 3. The predicted molar refractivity (Wildman–Crippen MR) is 73.0 cm³/mol. The van der Waals surface area contributed by atoms with Crippen molar-refractivity contribution in [1.29, 1.82) is 5.26 Å². The second-order valence-electron chi connectivity index (χ2n) is 4.44. The first kappa shape index (κ1) is 12.4. The Labute approximate surface area is 111 Å². The second-order valence-corrected chi connectivity index (χ2v) is 5.36. The maximum atomic E-state index is 8.70. The number of halogens is 1. The molecule has 4 heteroatoms. The van der Waals surface area contributed by atoms with Crippen LogP contribution in [0.5, 0.6) is 0 Å². The molecule has 0 radical (unpaired) electrons. The molecule has 1 atom stereocenters. The van der Waals surface area contributed by atoms with Crippen molar-refractivity contribution in [1.82, 2.24) is 4.90 Å². The molecule has 1 aromatic carbocycles. The van der Waals surface area contributed by atoms with Crippen LogP contribution in [0.1, 0.15) is 6.42 Å². The van der Waals surface area contributed by atoms with Crippen molar-refractivity contribution < 1.29 is 0 Å². The Morgan fingerprint density at radius 2 is 2.41 bits per heavy atom. The van der Waals surface area contributed by atoms with Gasteiger partial charge in [-0.15, -0.1) is 0 Å². The minimum atomic E-state index is 0.494. The lowest BCUT2D eigenvalue weighted by Crippen LogP contribution is -2.34. The van der Waals surface area contributed by atoms with E-state index in [1.165, 1.54) is 5.69 Å². The van der Waals surface area contributed by atoms with E-state index < -0.39 is 0 Å². The Kier molecular flexibility index (Phi) is 4.03. The Morgan fingerprint density at radius 3 is 3.12 bits per heavy atom. The van der Waals surface area contributed by atoms with Crippen molar-refractivity contribution >= 4 is 21.6 Å². The Balaban J connectivity index is 2.01. The third-order valence-electron chi connectivity index (χ3n) is 3.28. The zero-order valence-corrected chi connectivity index (χ0v) is 11.5. The molecule has 17 heavy (non-hydrogen) atoms. The van der Waals surface area contributed by atoms with Crippen LogP contribution in [-0.4, -0.2) is 37.6 Å². The lowest BCUT2D eigenvalue weighted by molar-refractivity contribution is 0.289. The predicted octanol–water partition coefficient (Wildman–Crippen LogP) is 2.48. The smallest absolute Gasteiger partial charge is 0.0866 e. The van der Waals surface area contributed by atoms with E-state index in [0.29, 0.717) is 12.6 Å². The van der Waals surface area contributed by atoms with Crippen LogP contribution in [0.15, 0.2) is 28.7 Å². The summed E-state index contributed by atoms with van der Waals surface area (Å²) >= 11 is 3.50. The summed E-state index contributed by atoms with van der Waals surface area (Å²) < 4.78 is 1.11. The molecule has 0 aliphatic carbocycles. The van der Waals surface area contributed by atoms with Gasteiger partial charge in [-0.1, -0.05) is 22.0 Å². The summed E-state index contributed by atoms with van der Waals surface area (Å²) in [5, 5.41) is 8.70. The molecule has 1 heterocycles. The van der Waals surface area contributed by atoms with Crippen LogP contribution in [0.4, 0.5) is 5.69 Å². The minimum absolute atomic E-state index is 0.494. The minimum Gasteiger partial charge on any atom is -0.370 e. The molecule has 1 fully saturated rings. The number of likely N-dealkylation sites (N-methyl/N-ethyl adjacent to an activating group) is 1. The standard InChI is InChI=1S/C13H16BrN3/c1-16(8-6-15)13-5-7-17(10-13)12-4-2-3-11(14)9-12/h2-4,9,13H,5,7-8,10H2,1H3. The fourth-order valence-corrected chi connectivity index (χ4v) is 2.64. The van der Waals surface area contributed by atoms with E-state index in [2.05, 4.69) is 50.0 Å². The van der Waals surface area contributed by atoms with E-state index >= 15 is 0 Å². The highest BCUT2D eigenvalue weighted by molar-refractivity contribution is 9.10. The fraction of sp³-hybridized carbons (Fsp3) is 0.462. The lowest BCUT2D eigenvalue weighted by atomic mass is 10.2. The number of anilines is 1. The summed E-state index contributed by atoms with van der Waals surface area (Å²) in [5.41, 5.74) is 1.26. The first-order chi connectivity index (χ1) is 8.20. The SMILES string of the molecule is CN(CC#N)C1CCN(c2cccc(Br)c2)C1. The lowest BCUT2D eigenvalue weighted by Gasteiger charge is -2.23. The van der Waals surface area contributed by atoms with Gasteiger partial charge < -0.3 is 4.90 Å². The fourth-order valence-electron chi connectivity index (χ4n) is 2.25. The number of benzene rings is 1. The van der Waals surface area contributed by atoms with Crippen LogP contribution >= 0.6 is 15.9 Å². The molecule has 0 spiro atoms. The molecule has 1 aliphatic rings. The molecule has 0 bridgehead atoms. The van der Waals surface area contributed by atoms with Gasteiger partial charge in [0.2, 0.25) is 0 Å². The molecule has 0 N–H and O–H groups in total. The highest BCUT2D eigenvalue weighted by Crippen LogP contribution is 2.25. The molecule has 3 nitrogen and oxygen atoms in total. The first-order valence-electron chi connectivity index (χ1n) is 5.78. The maximum absolute atomic E-state index is 8.70. The molecule has 1 aromatic rings. The van der Waals surface area contributed by atoms with Crippen molar-refractivity contribution in [3.63, 3.8) is 0 Å². The number of hydrogen-bond acceptors (Lipinski definition) is 3. The first-order valence-corrected chi connectivity index (χ1v) is 6.57. The molecule has 0 amide bonds. The van der Waals surface area contributed by atoms with Gasteiger partial charge in [-0.2, -0.15) is 5.26 Å². The summed E-state index contributed by atoms with van der Waals surface area (Å²) in [4.78, 5) is 4.52. The second kappa shape index (κ2) is 5.52. The van der Waals surface area contributed by atoms with Crippen molar-refractivity contribution in [2.75, 3.05) is 31.6 Å². The Hall–Kier alpha value is -1.05. The normalized spacial score (nSPS) is 19.6. The van der Waals surface area contributed by atoms with E-state index in [0.717, 1.165) is 24.0 Å². The van der Waals surface area contributed by atoms with E-state index in [4.69, 9.17) is 5.26 Å². The Bertz CT molecular complexity index is 427. The quantitative estimate of drug-likeness (QED) is 0.802. The molecule has 1 saturated heterocycles. The van der Waals surface area contributed by atoms with Gasteiger partial charge in [0.05, 0.1) is 12.6 Å². The van der Waals surface area contributed by atoms with E-state index in [1.54, 1.807) is 0 Å².